The molecule has 0 aliphatic rings. The average Bonchev–Trinajstić information content (AvgIpc) is 2.28. The summed E-state index contributed by atoms with van der Waals surface area (Å²) in [6.45, 7) is 10.1. The van der Waals surface area contributed by atoms with E-state index in [0.29, 0.717) is 26.4 Å². The minimum absolute atomic E-state index is 0.0568. The van der Waals surface area contributed by atoms with Crippen LogP contribution >= 0.6 is 10.4 Å². The molecular weight excluding hydrogens is 444 g/mol. The zero-order chi connectivity index (χ0) is 14.1. The Kier molecular flexibility index (Phi) is 12.2. The third kappa shape index (κ3) is 8.46. The molecule has 0 rings (SSSR count). The second-order valence-electron chi connectivity index (χ2n) is 2.71. The Balaban J connectivity index is 4.55. The van der Waals surface area contributed by atoms with E-state index in [0.717, 1.165) is 0 Å². The summed E-state index contributed by atoms with van der Waals surface area (Å²) in [5, 5.41) is -4.28. The molecule has 110 valence electrons. The van der Waals surface area contributed by atoms with Crippen molar-refractivity contribution in [2.45, 2.75) is 27.7 Å². The zero-order valence-corrected chi connectivity index (χ0v) is 17.8. The molecule has 0 amide bonds. The van der Waals surface area contributed by atoms with Crippen molar-refractivity contribution >= 4 is 59.4 Å². The molecule has 18 heavy (non-hydrogen) atoms. The second kappa shape index (κ2) is 10.8. The van der Waals surface area contributed by atoms with Crippen LogP contribution in [0.5, 0.6) is 0 Å². The van der Waals surface area contributed by atoms with Gasteiger partial charge < -0.3 is 0 Å². The monoisotopic (exact) mass is 466 g/mol. The first kappa shape index (κ1) is 20.2. The van der Waals surface area contributed by atoms with E-state index in [4.69, 9.17) is 41.7 Å². The fraction of sp³-hybridized carbons (Fsp3) is 1.00. The van der Waals surface area contributed by atoms with Gasteiger partial charge in [-0.2, -0.15) is 0 Å². The number of hydrogen-bond acceptors (Lipinski definition) is 6. The molecule has 0 saturated carbocycles. The summed E-state index contributed by atoms with van der Waals surface area (Å²) >= 11 is 11.1. The van der Waals surface area contributed by atoms with Crippen molar-refractivity contribution in [3.8, 4) is 0 Å². The van der Waals surface area contributed by atoms with Gasteiger partial charge in [0, 0.05) is 0 Å². The molecule has 0 atom stereocenters. The van der Waals surface area contributed by atoms with Crippen LogP contribution in [-0.4, -0.2) is 51.8 Å². The van der Waals surface area contributed by atoms with E-state index >= 15 is 0 Å². The van der Waals surface area contributed by atoms with Crippen LogP contribution in [0.2, 0.25) is 0 Å². The van der Waals surface area contributed by atoms with Crippen molar-refractivity contribution in [1.29, 1.82) is 0 Å². The maximum atomic E-state index is 5.63. The standard InChI is InChI=1S/C8H20O4P2S2Se2/c1-5-9-13(15,10-6-2)17-18-14(16,11-7-3)12-8-4/h5-8H2,1-4H3. The molecule has 0 unspecified atom stereocenters. The van der Waals surface area contributed by atoms with E-state index in [1.165, 1.54) is 0 Å². The second-order valence-corrected chi connectivity index (χ2v) is 29.5. The van der Waals surface area contributed by atoms with Gasteiger partial charge in [0.1, 0.15) is 0 Å². The Hall–Kier alpha value is 2.18. The van der Waals surface area contributed by atoms with Crippen LogP contribution < -0.4 is 0 Å². The molecule has 4 nitrogen and oxygen atoms in total. The third-order valence-corrected chi connectivity index (χ3v) is 40.1. The van der Waals surface area contributed by atoms with Gasteiger partial charge in [-0.05, 0) is 0 Å². The Bertz CT molecular complexity index is 269. The summed E-state index contributed by atoms with van der Waals surface area (Å²) in [7, 11) is 0. The van der Waals surface area contributed by atoms with E-state index in [2.05, 4.69) is 0 Å². The first-order valence-corrected chi connectivity index (χ1v) is 19.7. The molecule has 0 aromatic heterocycles. The van der Waals surface area contributed by atoms with Crippen LogP contribution in [0.1, 0.15) is 27.7 Å². The molecule has 0 N–H and O–H groups in total. The molecule has 0 aromatic carbocycles. The van der Waals surface area contributed by atoms with Crippen LogP contribution in [0.15, 0.2) is 0 Å². The summed E-state index contributed by atoms with van der Waals surface area (Å²) in [5.41, 5.74) is 0. The molecule has 0 heterocycles. The van der Waals surface area contributed by atoms with Gasteiger partial charge >= 0.3 is 132 Å². The van der Waals surface area contributed by atoms with Gasteiger partial charge in [-0.15, -0.1) is 0 Å². The average molecular weight is 464 g/mol. The van der Waals surface area contributed by atoms with E-state index < -0.39 is 10.4 Å². The molecule has 0 aromatic rings. The normalized spacial score (nSPS) is 12.9. The van der Waals surface area contributed by atoms with E-state index in [9.17, 15) is 0 Å². The Morgan fingerprint density at radius 1 is 0.667 bits per heavy atom. The molecule has 0 fully saturated rings. The molecule has 0 spiro atoms. The molecule has 0 aliphatic carbocycles. The summed E-state index contributed by atoms with van der Waals surface area (Å²) in [6, 6.07) is 0. The Morgan fingerprint density at radius 2 is 0.889 bits per heavy atom. The molecule has 0 radical (unpaired) electrons. The van der Waals surface area contributed by atoms with Crippen molar-refractivity contribution in [3.63, 3.8) is 0 Å². The molecule has 0 saturated heterocycles. The summed E-state index contributed by atoms with van der Waals surface area (Å²) < 4.78 is 22.5. The zero-order valence-electron chi connectivity index (χ0n) is 11.0. The maximum absolute atomic E-state index is 5.63. The topological polar surface area (TPSA) is 36.9 Å². The molecular formula is C8H20O4P2S2Se2. The van der Waals surface area contributed by atoms with Crippen LogP contribution in [-0.2, 0) is 41.7 Å². The number of rotatable bonds is 11. The van der Waals surface area contributed by atoms with Crippen LogP contribution in [0.25, 0.3) is 0 Å². The van der Waals surface area contributed by atoms with Gasteiger partial charge in [-0.1, -0.05) is 0 Å². The van der Waals surface area contributed by atoms with Gasteiger partial charge in [0.05, 0.1) is 0 Å². The van der Waals surface area contributed by atoms with Gasteiger partial charge in [0.25, 0.3) is 0 Å². The fourth-order valence-electron chi connectivity index (χ4n) is 0.875. The van der Waals surface area contributed by atoms with E-state index in [-0.39, 0.29) is 25.4 Å². The van der Waals surface area contributed by atoms with Crippen molar-refractivity contribution in [3.05, 3.63) is 0 Å². The van der Waals surface area contributed by atoms with E-state index in [1.807, 2.05) is 27.7 Å². The predicted molar refractivity (Wildman–Crippen MR) is 86.6 cm³/mol. The number of hydrogen-bond donors (Lipinski definition) is 0. The minimum atomic E-state index is -2.14. The third-order valence-electron chi connectivity index (χ3n) is 1.36. The first-order valence-electron chi connectivity index (χ1n) is 5.61. The Labute approximate surface area is 131 Å². The molecule has 0 bridgehead atoms. The summed E-state index contributed by atoms with van der Waals surface area (Å²) in [6.07, 6.45) is 0. The van der Waals surface area contributed by atoms with Crippen molar-refractivity contribution in [1.82, 2.24) is 0 Å². The van der Waals surface area contributed by atoms with Gasteiger partial charge in [-0.3, -0.25) is 0 Å². The van der Waals surface area contributed by atoms with Gasteiger partial charge in [0.2, 0.25) is 0 Å². The van der Waals surface area contributed by atoms with E-state index in [1.54, 1.807) is 0 Å². The molecule has 0 aliphatic heterocycles. The van der Waals surface area contributed by atoms with Crippen LogP contribution in [0.3, 0.4) is 0 Å². The van der Waals surface area contributed by atoms with Crippen molar-refractivity contribution < 1.29 is 18.1 Å². The van der Waals surface area contributed by atoms with Gasteiger partial charge in [-0.25, -0.2) is 0 Å². The van der Waals surface area contributed by atoms with Crippen molar-refractivity contribution in [2.75, 3.05) is 26.4 Å². The van der Waals surface area contributed by atoms with Gasteiger partial charge in [0.15, 0.2) is 0 Å². The van der Waals surface area contributed by atoms with Crippen LogP contribution in [0, 0.1) is 0 Å². The SMILES string of the molecule is CCOP(=S)(OCC)[Se][Se]P(=S)(OCC)OCC. The first-order chi connectivity index (χ1) is 8.45. The fourth-order valence-corrected chi connectivity index (χ4v) is 46.1. The quantitative estimate of drug-likeness (QED) is 0.346. The predicted octanol–water partition coefficient (Wildman–Crippen LogP) is 2.90. The summed E-state index contributed by atoms with van der Waals surface area (Å²) in [5.74, 6) is 0. The Morgan fingerprint density at radius 3 is 1.06 bits per heavy atom. The molecule has 10 heteroatoms. The summed E-state index contributed by atoms with van der Waals surface area (Å²) in [4.78, 5) is 0. The van der Waals surface area contributed by atoms with Crippen LogP contribution in [0.4, 0.5) is 0 Å². The van der Waals surface area contributed by atoms with Crippen molar-refractivity contribution in [2.24, 2.45) is 0 Å².